The molecule has 2 aliphatic heterocycles. The molecule has 88 valence electrons. The minimum absolute atomic E-state index is 0.483. The monoisotopic (exact) mass is 212 g/mol. The van der Waals surface area contributed by atoms with Crippen molar-refractivity contribution in [2.24, 2.45) is 0 Å². The third-order valence-electron chi connectivity index (χ3n) is 3.62. The van der Waals surface area contributed by atoms with Crippen molar-refractivity contribution in [3.8, 4) is 0 Å². The van der Waals surface area contributed by atoms with Gasteiger partial charge in [-0.2, -0.15) is 0 Å². The number of nitrogens with zero attached hydrogens (tertiary/aromatic N) is 1. The van der Waals surface area contributed by atoms with E-state index in [4.69, 9.17) is 4.74 Å². The molecule has 1 atom stereocenters. The lowest BCUT2D eigenvalue weighted by Crippen LogP contribution is -2.42. The van der Waals surface area contributed by atoms with Crippen molar-refractivity contribution < 1.29 is 4.74 Å². The molecule has 0 amide bonds. The summed E-state index contributed by atoms with van der Waals surface area (Å²) in [7, 11) is 0. The molecule has 0 radical (unpaired) electrons. The van der Waals surface area contributed by atoms with Crippen LogP contribution in [0.15, 0.2) is 0 Å². The van der Waals surface area contributed by atoms with E-state index in [0.717, 1.165) is 6.54 Å². The Morgan fingerprint density at radius 2 is 2.00 bits per heavy atom. The number of hydrogen-bond acceptors (Lipinski definition) is 3. The van der Waals surface area contributed by atoms with Gasteiger partial charge in [-0.1, -0.05) is 6.92 Å². The van der Waals surface area contributed by atoms with Crippen LogP contribution < -0.4 is 5.32 Å². The molecule has 15 heavy (non-hydrogen) atoms. The molecule has 2 rings (SSSR count). The van der Waals surface area contributed by atoms with Gasteiger partial charge in [-0.25, -0.2) is 0 Å². The second kappa shape index (κ2) is 5.83. The molecule has 0 aromatic carbocycles. The van der Waals surface area contributed by atoms with Crippen molar-refractivity contribution in [1.29, 1.82) is 0 Å². The average molecular weight is 212 g/mol. The first-order valence-electron chi connectivity index (χ1n) is 6.47. The molecule has 0 aliphatic carbocycles. The van der Waals surface area contributed by atoms with E-state index in [-0.39, 0.29) is 0 Å². The van der Waals surface area contributed by atoms with Gasteiger partial charge in [0.1, 0.15) is 0 Å². The third kappa shape index (κ3) is 3.44. The van der Waals surface area contributed by atoms with Gasteiger partial charge < -0.3 is 15.0 Å². The number of nitrogens with one attached hydrogen (secondary N) is 1. The Labute approximate surface area is 93.2 Å². The van der Waals surface area contributed by atoms with Crippen molar-refractivity contribution in [2.75, 3.05) is 32.7 Å². The van der Waals surface area contributed by atoms with Gasteiger partial charge in [0.05, 0.1) is 12.2 Å². The second-order valence-corrected chi connectivity index (χ2v) is 4.74. The van der Waals surface area contributed by atoms with Crippen molar-refractivity contribution in [3.63, 3.8) is 0 Å². The SMILES string of the molecule is CCN1CCC(OC2CCCNC2)CC1. The minimum atomic E-state index is 0.483. The lowest BCUT2D eigenvalue weighted by atomic mass is 10.1. The minimum Gasteiger partial charge on any atom is -0.374 e. The highest BCUT2D eigenvalue weighted by Gasteiger charge is 2.22. The molecule has 3 heteroatoms. The summed E-state index contributed by atoms with van der Waals surface area (Å²) < 4.78 is 6.14. The summed E-state index contributed by atoms with van der Waals surface area (Å²) in [4.78, 5) is 2.51. The van der Waals surface area contributed by atoms with Crippen LogP contribution >= 0.6 is 0 Å². The number of piperidine rings is 2. The van der Waals surface area contributed by atoms with E-state index in [1.165, 1.54) is 51.9 Å². The van der Waals surface area contributed by atoms with Crippen LogP contribution in [0.25, 0.3) is 0 Å². The van der Waals surface area contributed by atoms with E-state index in [2.05, 4.69) is 17.1 Å². The Bertz CT molecular complexity index is 172. The fourth-order valence-corrected chi connectivity index (χ4v) is 2.57. The van der Waals surface area contributed by atoms with Gasteiger partial charge in [0.15, 0.2) is 0 Å². The Hall–Kier alpha value is -0.120. The summed E-state index contributed by atoms with van der Waals surface area (Å²) in [6.45, 7) is 8.12. The molecule has 2 saturated heterocycles. The Kier molecular flexibility index (Phi) is 4.42. The molecule has 2 heterocycles. The maximum Gasteiger partial charge on any atom is 0.0703 e. The molecule has 1 unspecified atom stereocenters. The molecule has 0 bridgehead atoms. The van der Waals surface area contributed by atoms with Crippen LogP contribution in [0.5, 0.6) is 0 Å². The second-order valence-electron chi connectivity index (χ2n) is 4.74. The van der Waals surface area contributed by atoms with Gasteiger partial charge in [-0.3, -0.25) is 0 Å². The predicted molar refractivity (Wildman–Crippen MR) is 62.1 cm³/mol. The zero-order valence-corrected chi connectivity index (χ0v) is 9.87. The Morgan fingerprint density at radius 3 is 2.60 bits per heavy atom. The quantitative estimate of drug-likeness (QED) is 0.762. The van der Waals surface area contributed by atoms with Crippen molar-refractivity contribution >= 4 is 0 Å². The summed E-state index contributed by atoms with van der Waals surface area (Å²) >= 11 is 0. The van der Waals surface area contributed by atoms with Gasteiger partial charge in [-0.05, 0) is 38.8 Å². The number of likely N-dealkylation sites (tertiary alicyclic amines) is 1. The molecule has 2 fully saturated rings. The zero-order valence-electron chi connectivity index (χ0n) is 9.87. The van der Waals surface area contributed by atoms with E-state index in [0.29, 0.717) is 12.2 Å². The van der Waals surface area contributed by atoms with Crippen LogP contribution in [0.3, 0.4) is 0 Å². The molecule has 0 saturated carbocycles. The first-order chi connectivity index (χ1) is 7.38. The Morgan fingerprint density at radius 1 is 1.20 bits per heavy atom. The van der Waals surface area contributed by atoms with E-state index in [1.54, 1.807) is 0 Å². The molecule has 2 aliphatic rings. The smallest absolute Gasteiger partial charge is 0.0703 e. The number of ether oxygens (including phenoxy) is 1. The molecule has 0 aromatic rings. The normalized spacial score (nSPS) is 30.6. The Balaban J connectivity index is 1.67. The molecular formula is C12H24N2O. The van der Waals surface area contributed by atoms with Crippen LogP contribution in [-0.2, 0) is 4.74 Å². The predicted octanol–water partition coefficient (Wildman–Crippen LogP) is 1.24. The van der Waals surface area contributed by atoms with Gasteiger partial charge in [0.2, 0.25) is 0 Å². The fraction of sp³-hybridized carbons (Fsp3) is 1.00. The van der Waals surface area contributed by atoms with Crippen LogP contribution in [-0.4, -0.2) is 49.8 Å². The molecule has 0 aromatic heterocycles. The molecular weight excluding hydrogens is 188 g/mol. The molecule has 3 nitrogen and oxygen atoms in total. The topological polar surface area (TPSA) is 24.5 Å². The van der Waals surface area contributed by atoms with E-state index < -0.39 is 0 Å². The molecule has 0 spiro atoms. The number of rotatable bonds is 3. The summed E-state index contributed by atoms with van der Waals surface area (Å²) in [6.07, 6.45) is 5.99. The summed E-state index contributed by atoms with van der Waals surface area (Å²) in [5.41, 5.74) is 0. The summed E-state index contributed by atoms with van der Waals surface area (Å²) in [5, 5.41) is 3.41. The highest BCUT2D eigenvalue weighted by molar-refractivity contribution is 4.75. The van der Waals surface area contributed by atoms with Crippen molar-refractivity contribution in [2.45, 2.75) is 44.8 Å². The van der Waals surface area contributed by atoms with Gasteiger partial charge >= 0.3 is 0 Å². The van der Waals surface area contributed by atoms with Gasteiger partial charge in [-0.15, -0.1) is 0 Å². The van der Waals surface area contributed by atoms with Gasteiger partial charge in [0.25, 0.3) is 0 Å². The van der Waals surface area contributed by atoms with Gasteiger partial charge in [0, 0.05) is 19.6 Å². The van der Waals surface area contributed by atoms with E-state index >= 15 is 0 Å². The fourth-order valence-electron chi connectivity index (χ4n) is 2.57. The van der Waals surface area contributed by atoms with Crippen molar-refractivity contribution in [1.82, 2.24) is 10.2 Å². The van der Waals surface area contributed by atoms with Crippen LogP contribution in [0.2, 0.25) is 0 Å². The zero-order chi connectivity index (χ0) is 10.5. The lowest BCUT2D eigenvalue weighted by molar-refractivity contribution is -0.0495. The maximum atomic E-state index is 6.14. The summed E-state index contributed by atoms with van der Waals surface area (Å²) in [6, 6.07) is 0. The molecule has 1 N–H and O–H groups in total. The largest absolute Gasteiger partial charge is 0.374 e. The van der Waals surface area contributed by atoms with E-state index in [9.17, 15) is 0 Å². The van der Waals surface area contributed by atoms with Crippen LogP contribution in [0, 0.1) is 0 Å². The first kappa shape index (κ1) is 11.4. The standard InChI is InChI=1S/C12H24N2O/c1-2-14-8-5-11(6-9-14)15-12-4-3-7-13-10-12/h11-13H,2-10H2,1H3. The van der Waals surface area contributed by atoms with Crippen LogP contribution in [0.1, 0.15) is 32.6 Å². The highest BCUT2D eigenvalue weighted by Crippen LogP contribution is 2.17. The average Bonchev–Trinajstić information content (AvgIpc) is 2.31. The van der Waals surface area contributed by atoms with E-state index in [1.807, 2.05) is 0 Å². The van der Waals surface area contributed by atoms with Crippen molar-refractivity contribution in [3.05, 3.63) is 0 Å². The maximum absolute atomic E-state index is 6.14. The first-order valence-corrected chi connectivity index (χ1v) is 6.47. The third-order valence-corrected chi connectivity index (χ3v) is 3.62. The lowest BCUT2D eigenvalue weighted by Gasteiger charge is -2.34. The van der Waals surface area contributed by atoms with Crippen LogP contribution in [0.4, 0.5) is 0 Å². The number of hydrogen-bond donors (Lipinski definition) is 1. The highest BCUT2D eigenvalue weighted by atomic mass is 16.5. The summed E-state index contributed by atoms with van der Waals surface area (Å²) in [5.74, 6) is 0.